The molecule has 0 aliphatic heterocycles. The van der Waals surface area contributed by atoms with Gasteiger partial charge in [0, 0.05) is 20.5 Å². The van der Waals surface area contributed by atoms with Gasteiger partial charge in [-0.05, 0) is 48.7 Å². The maximum Gasteiger partial charge on any atom is 0.0512 e. The molecule has 0 bridgehead atoms. The number of rotatable bonds is 6. The molecule has 0 fully saturated rings. The molecular weight excluding hydrogens is 294 g/mol. The summed E-state index contributed by atoms with van der Waals surface area (Å²) in [5.41, 5.74) is 1.38. The third-order valence-electron chi connectivity index (χ3n) is 2.88. The minimum atomic E-state index is 0.411. The van der Waals surface area contributed by atoms with Gasteiger partial charge in [0.15, 0.2) is 0 Å². The van der Waals surface area contributed by atoms with Crippen LogP contribution in [0.3, 0.4) is 0 Å². The smallest absolute Gasteiger partial charge is 0.0512 e. The van der Waals surface area contributed by atoms with Gasteiger partial charge in [0.25, 0.3) is 0 Å². The molecule has 102 valence electrons. The van der Waals surface area contributed by atoms with Gasteiger partial charge in [-0.1, -0.05) is 24.6 Å². The fourth-order valence-electron chi connectivity index (χ4n) is 1.95. The summed E-state index contributed by atoms with van der Waals surface area (Å²) < 4.78 is 0. The summed E-state index contributed by atoms with van der Waals surface area (Å²) in [5.74, 6) is 1.02. The lowest BCUT2D eigenvalue weighted by Crippen LogP contribution is -2.22. The minimum Gasteiger partial charge on any atom is -0.309 e. The van der Waals surface area contributed by atoms with Gasteiger partial charge in [-0.15, -0.1) is 23.1 Å². The van der Waals surface area contributed by atoms with Gasteiger partial charge in [-0.3, -0.25) is 0 Å². The molecule has 4 heteroatoms. The minimum absolute atomic E-state index is 0.411. The third-order valence-corrected chi connectivity index (χ3v) is 5.34. The molecule has 1 heterocycles. The first-order valence-corrected chi connectivity index (χ1v) is 8.60. The Balaban J connectivity index is 2.04. The molecule has 19 heavy (non-hydrogen) atoms. The average Bonchev–Trinajstić information content (AvgIpc) is 2.81. The molecule has 0 radical (unpaired) electrons. The normalized spacial score (nSPS) is 12.6. The van der Waals surface area contributed by atoms with Crippen LogP contribution >= 0.6 is 34.7 Å². The Hall–Kier alpha value is -0.480. The van der Waals surface area contributed by atoms with E-state index in [4.69, 9.17) is 11.6 Å². The molecule has 0 aliphatic rings. The quantitative estimate of drug-likeness (QED) is 0.740. The molecule has 2 aromatic rings. The van der Waals surface area contributed by atoms with E-state index in [1.807, 2.05) is 41.3 Å². The number of nitrogens with one attached hydrogen (secondary N) is 1. The largest absolute Gasteiger partial charge is 0.309 e. The van der Waals surface area contributed by atoms with Crippen LogP contribution in [0.2, 0.25) is 5.02 Å². The first-order valence-electron chi connectivity index (χ1n) is 6.36. The highest BCUT2D eigenvalue weighted by atomic mass is 35.5. The van der Waals surface area contributed by atoms with Gasteiger partial charge in [0.05, 0.1) is 6.04 Å². The summed E-state index contributed by atoms with van der Waals surface area (Å²) in [6, 6.07) is 10.7. The molecule has 1 N–H and O–H groups in total. The molecule has 1 nitrogen and oxygen atoms in total. The SMILES string of the molecule is CCNC(CSc1cccc(Cl)c1)c1sccc1C. The van der Waals surface area contributed by atoms with Crippen molar-refractivity contribution in [3.8, 4) is 0 Å². The Kier molecular flexibility index (Phi) is 5.76. The Morgan fingerprint density at radius 3 is 2.84 bits per heavy atom. The molecule has 0 saturated heterocycles. The van der Waals surface area contributed by atoms with Crippen LogP contribution in [0.5, 0.6) is 0 Å². The van der Waals surface area contributed by atoms with Crippen LogP contribution < -0.4 is 5.32 Å². The monoisotopic (exact) mass is 311 g/mol. The Labute approximate surface area is 128 Å². The van der Waals surface area contributed by atoms with E-state index >= 15 is 0 Å². The highest BCUT2D eigenvalue weighted by Gasteiger charge is 2.14. The van der Waals surface area contributed by atoms with Crippen LogP contribution in [0.25, 0.3) is 0 Å². The van der Waals surface area contributed by atoms with Crippen molar-refractivity contribution in [3.63, 3.8) is 0 Å². The lowest BCUT2D eigenvalue weighted by molar-refractivity contribution is 0.612. The zero-order chi connectivity index (χ0) is 13.7. The number of thiophene rings is 1. The first kappa shape index (κ1) is 14.9. The van der Waals surface area contributed by atoms with E-state index in [9.17, 15) is 0 Å². The van der Waals surface area contributed by atoms with Crippen LogP contribution in [-0.4, -0.2) is 12.3 Å². The second-order valence-electron chi connectivity index (χ2n) is 4.35. The van der Waals surface area contributed by atoms with Gasteiger partial charge < -0.3 is 5.32 Å². The standard InChI is InChI=1S/C15H18ClNS2/c1-3-17-14(15-11(2)7-8-18-15)10-19-13-6-4-5-12(16)9-13/h4-9,14,17H,3,10H2,1-2H3. The van der Waals surface area contributed by atoms with Crippen molar-refractivity contribution in [1.82, 2.24) is 5.32 Å². The van der Waals surface area contributed by atoms with E-state index in [2.05, 4.69) is 36.7 Å². The molecule has 0 spiro atoms. The zero-order valence-electron chi connectivity index (χ0n) is 11.2. The number of thioether (sulfide) groups is 1. The molecule has 1 unspecified atom stereocenters. The van der Waals surface area contributed by atoms with Gasteiger partial charge in [0.2, 0.25) is 0 Å². The van der Waals surface area contributed by atoms with E-state index < -0.39 is 0 Å². The second kappa shape index (κ2) is 7.34. The fraction of sp³-hybridized carbons (Fsp3) is 0.333. The van der Waals surface area contributed by atoms with Gasteiger partial charge in [-0.25, -0.2) is 0 Å². The third kappa shape index (κ3) is 4.25. The van der Waals surface area contributed by atoms with Crippen molar-refractivity contribution < 1.29 is 0 Å². The number of hydrogen-bond donors (Lipinski definition) is 1. The van der Waals surface area contributed by atoms with Crippen LogP contribution in [-0.2, 0) is 0 Å². The van der Waals surface area contributed by atoms with Crippen molar-refractivity contribution >= 4 is 34.7 Å². The molecular formula is C15H18ClNS2. The summed E-state index contributed by atoms with van der Waals surface area (Å²) in [6.45, 7) is 5.32. The summed E-state index contributed by atoms with van der Waals surface area (Å²) in [7, 11) is 0. The van der Waals surface area contributed by atoms with Gasteiger partial charge in [0.1, 0.15) is 0 Å². The zero-order valence-corrected chi connectivity index (χ0v) is 13.5. The number of hydrogen-bond acceptors (Lipinski definition) is 3. The Morgan fingerprint density at radius 1 is 1.37 bits per heavy atom. The van der Waals surface area contributed by atoms with Crippen LogP contribution in [0.1, 0.15) is 23.4 Å². The van der Waals surface area contributed by atoms with Crippen LogP contribution in [0.4, 0.5) is 0 Å². The predicted octanol–water partition coefficient (Wildman–Crippen LogP) is 5.15. The molecule has 0 amide bonds. The van der Waals surface area contributed by atoms with E-state index in [1.54, 1.807) is 0 Å². The summed E-state index contributed by atoms with van der Waals surface area (Å²) in [4.78, 5) is 2.67. The van der Waals surface area contributed by atoms with Gasteiger partial charge >= 0.3 is 0 Å². The molecule has 1 aromatic carbocycles. The summed E-state index contributed by atoms with van der Waals surface area (Å²) in [6.07, 6.45) is 0. The lowest BCUT2D eigenvalue weighted by Gasteiger charge is -2.17. The van der Waals surface area contributed by atoms with Crippen molar-refractivity contribution in [1.29, 1.82) is 0 Å². The lowest BCUT2D eigenvalue weighted by atomic mass is 10.2. The topological polar surface area (TPSA) is 12.0 Å². The number of aryl methyl sites for hydroxylation is 1. The van der Waals surface area contributed by atoms with E-state index in [0.29, 0.717) is 6.04 Å². The van der Waals surface area contributed by atoms with Crippen molar-refractivity contribution in [2.75, 3.05) is 12.3 Å². The maximum absolute atomic E-state index is 6.02. The van der Waals surface area contributed by atoms with E-state index in [1.165, 1.54) is 15.3 Å². The summed E-state index contributed by atoms with van der Waals surface area (Å²) in [5, 5.41) is 6.54. The maximum atomic E-state index is 6.02. The van der Waals surface area contributed by atoms with Crippen LogP contribution in [0, 0.1) is 6.92 Å². The van der Waals surface area contributed by atoms with E-state index in [-0.39, 0.29) is 0 Å². The molecule has 1 aromatic heterocycles. The molecule has 0 aliphatic carbocycles. The van der Waals surface area contributed by atoms with Gasteiger partial charge in [-0.2, -0.15) is 0 Å². The molecule has 1 atom stereocenters. The number of halogens is 1. The highest BCUT2D eigenvalue weighted by Crippen LogP contribution is 2.30. The fourth-order valence-corrected chi connectivity index (χ4v) is 4.34. The molecule has 2 rings (SSSR count). The Bertz CT molecular complexity index is 524. The Morgan fingerprint density at radius 2 is 2.21 bits per heavy atom. The second-order valence-corrected chi connectivity index (χ2v) is 6.82. The predicted molar refractivity (Wildman–Crippen MR) is 87.6 cm³/mol. The average molecular weight is 312 g/mol. The van der Waals surface area contributed by atoms with Crippen LogP contribution in [0.15, 0.2) is 40.6 Å². The number of benzene rings is 1. The van der Waals surface area contributed by atoms with Crippen molar-refractivity contribution in [2.24, 2.45) is 0 Å². The van der Waals surface area contributed by atoms with E-state index in [0.717, 1.165) is 17.3 Å². The highest BCUT2D eigenvalue weighted by molar-refractivity contribution is 7.99. The first-order chi connectivity index (χ1) is 9.20. The molecule has 0 saturated carbocycles. The van der Waals surface area contributed by atoms with Crippen molar-refractivity contribution in [3.05, 3.63) is 51.2 Å². The summed E-state index contributed by atoms with van der Waals surface area (Å²) >= 11 is 9.70. The van der Waals surface area contributed by atoms with Crippen molar-refractivity contribution in [2.45, 2.75) is 24.8 Å².